The van der Waals surface area contributed by atoms with E-state index >= 15 is 0 Å². The molecule has 3 rings (SSSR count). The molecule has 1 aliphatic heterocycles. The molecule has 0 aliphatic carbocycles. The summed E-state index contributed by atoms with van der Waals surface area (Å²) in [7, 11) is -0.482. The normalized spacial score (nSPS) is 19.4. The van der Waals surface area contributed by atoms with Crippen molar-refractivity contribution in [3.63, 3.8) is 0 Å². The molecule has 2 N–H and O–H groups in total. The fourth-order valence-corrected chi connectivity index (χ4v) is 2.77. The first-order chi connectivity index (χ1) is 12.1. The maximum Gasteiger partial charge on any atom is 0.494 e. The molecule has 0 aromatic heterocycles. The van der Waals surface area contributed by atoms with Crippen LogP contribution in [0.3, 0.4) is 0 Å². The number of benzene rings is 2. The van der Waals surface area contributed by atoms with E-state index in [0.29, 0.717) is 11.4 Å². The molecule has 26 heavy (non-hydrogen) atoms. The van der Waals surface area contributed by atoms with Crippen molar-refractivity contribution in [1.29, 1.82) is 0 Å². The second kappa shape index (κ2) is 6.60. The number of hydrogen-bond acceptors (Lipinski definition) is 4. The minimum atomic E-state index is -0.482. The highest BCUT2D eigenvalue weighted by Crippen LogP contribution is 2.37. The molecule has 0 amide bonds. The molecule has 2 aromatic carbocycles. The van der Waals surface area contributed by atoms with Gasteiger partial charge in [-0.2, -0.15) is 0 Å². The minimum Gasteiger partial charge on any atom is -0.484 e. The van der Waals surface area contributed by atoms with Crippen LogP contribution in [0.1, 0.15) is 46.3 Å². The van der Waals surface area contributed by atoms with E-state index in [1.54, 1.807) is 18.2 Å². The molecule has 6 heteroatoms. The summed E-state index contributed by atoms with van der Waals surface area (Å²) in [5.74, 6) is 0.275. The Morgan fingerprint density at radius 3 is 2.15 bits per heavy atom. The number of nitrogens with two attached hydrogens (primary N) is 1. The average Bonchev–Trinajstić information content (AvgIpc) is 2.78. The van der Waals surface area contributed by atoms with Gasteiger partial charge in [-0.3, -0.25) is 0 Å². The molecule has 0 saturated carbocycles. The molecule has 1 atom stereocenters. The van der Waals surface area contributed by atoms with Crippen LogP contribution in [0.15, 0.2) is 42.5 Å². The van der Waals surface area contributed by atoms with Crippen molar-refractivity contribution in [2.45, 2.75) is 51.9 Å². The van der Waals surface area contributed by atoms with Gasteiger partial charge in [0.05, 0.1) is 16.9 Å². The van der Waals surface area contributed by atoms with Crippen molar-refractivity contribution >= 4 is 18.3 Å². The zero-order valence-corrected chi connectivity index (χ0v) is 15.9. The van der Waals surface area contributed by atoms with Gasteiger partial charge in [0.1, 0.15) is 17.7 Å². The second-order valence-corrected chi connectivity index (χ2v) is 7.70. The molecule has 1 aliphatic rings. The van der Waals surface area contributed by atoms with Gasteiger partial charge in [0.2, 0.25) is 0 Å². The molecule has 0 unspecified atom stereocenters. The zero-order valence-electron chi connectivity index (χ0n) is 15.9. The predicted octanol–water partition coefficient (Wildman–Crippen LogP) is 3.85. The van der Waals surface area contributed by atoms with Crippen LogP contribution in [0.4, 0.5) is 10.1 Å². The van der Waals surface area contributed by atoms with E-state index < -0.39 is 18.3 Å². The lowest BCUT2D eigenvalue weighted by molar-refractivity contribution is 0.00578. The second-order valence-electron chi connectivity index (χ2n) is 7.70. The maximum atomic E-state index is 13.1. The molecule has 2 aromatic rings. The third-order valence-electron chi connectivity index (χ3n) is 5.21. The molecule has 4 nitrogen and oxygen atoms in total. The van der Waals surface area contributed by atoms with E-state index in [4.69, 9.17) is 19.8 Å². The third kappa shape index (κ3) is 3.57. The van der Waals surface area contributed by atoms with Crippen molar-refractivity contribution in [1.82, 2.24) is 0 Å². The van der Waals surface area contributed by atoms with Gasteiger partial charge in [0.25, 0.3) is 0 Å². The van der Waals surface area contributed by atoms with Gasteiger partial charge in [-0.1, -0.05) is 18.2 Å². The van der Waals surface area contributed by atoms with Crippen LogP contribution in [0.5, 0.6) is 5.75 Å². The van der Waals surface area contributed by atoms with Gasteiger partial charge in [-0.25, -0.2) is 4.39 Å². The number of ether oxygens (including phenoxy) is 1. The van der Waals surface area contributed by atoms with E-state index in [-0.39, 0.29) is 11.9 Å². The van der Waals surface area contributed by atoms with Crippen molar-refractivity contribution in [3.8, 4) is 5.75 Å². The van der Waals surface area contributed by atoms with Crippen molar-refractivity contribution in [2.24, 2.45) is 0 Å². The Bertz CT molecular complexity index is 776. The van der Waals surface area contributed by atoms with Gasteiger partial charge in [-0.15, -0.1) is 0 Å². The number of rotatable bonds is 4. The summed E-state index contributed by atoms with van der Waals surface area (Å²) in [5.41, 5.74) is 7.49. The summed E-state index contributed by atoms with van der Waals surface area (Å²) < 4.78 is 31.3. The molecule has 138 valence electrons. The minimum absolute atomic E-state index is 0.272. The number of halogens is 1. The van der Waals surface area contributed by atoms with E-state index in [9.17, 15) is 4.39 Å². The molecule has 1 saturated heterocycles. The summed E-state index contributed by atoms with van der Waals surface area (Å²) >= 11 is 0. The Balaban J connectivity index is 1.81. The quantitative estimate of drug-likeness (QED) is 0.667. The summed E-state index contributed by atoms with van der Waals surface area (Å²) in [5, 5.41) is 0. The summed E-state index contributed by atoms with van der Waals surface area (Å²) in [4.78, 5) is 0. The molecule has 0 spiro atoms. The topological polar surface area (TPSA) is 53.7 Å². The first-order valence-corrected chi connectivity index (χ1v) is 8.76. The van der Waals surface area contributed by atoms with Crippen LogP contribution in [0, 0.1) is 5.82 Å². The largest absolute Gasteiger partial charge is 0.494 e. The van der Waals surface area contributed by atoms with E-state index in [1.165, 1.54) is 12.1 Å². The Morgan fingerprint density at radius 2 is 1.58 bits per heavy atom. The first kappa shape index (κ1) is 18.7. The lowest BCUT2D eigenvalue weighted by Crippen LogP contribution is -2.41. The highest BCUT2D eigenvalue weighted by atomic mass is 19.1. The molecule has 0 bridgehead atoms. The molecular weight excluding hydrogens is 332 g/mol. The average molecular weight is 357 g/mol. The molecule has 0 radical (unpaired) electrons. The van der Waals surface area contributed by atoms with Crippen LogP contribution in [-0.4, -0.2) is 18.3 Å². The van der Waals surface area contributed by atoms with Crippen LogP contribution in [-0.2, 0) is 9.31 Å². The van der Waals surface area contributed by atoms with Crippen LogP contribution >= 0.6 is 0 Å². The summed E-state index contributed by atoms with van der Waals surface area (Å²) in [6.07, 6.45) is -0.272. The van der Waals surface area contributed by atoms with E-state index in [2.05, 4.69) is 0 Å². The molecular formula is C20H25BFNO3. The zero-order chi connectivity index (χ0) is 19.1. The number of hydrogen-bond donors (Lipinski definition) is 1. The standard InChI is InChI=1S/C20H25BFNO3/c1-13(14-6-9-16(22)10-7-14)24-18-12-15(8-11-17(18)23)21-25-19(2,3)20(4,5)26-21/h6-13H,23H2,1-5H3/t13-/m0/s1. The number of nitrogen functional groups attached to an aromatic ring is 1. The lowest BCUT2D eigenvalue weighted by Gasteiger charge is -2.32. The predicted molar refractivity (Wildman–Crippen MR) is 102 cm³/mol. The fraction of sp³-hybridized carbons (Fsp3) is 0.400. The third-order valence-corrected chi connectivity index (χ3v) is 5.21. The Hall–Kier alpha value is -2.05. The Morgan fingerprint density at radius 1 is 1.00 bits per heavy atom. The summed E-state index contributed by atoms with van der Waals surface area (Å²) in [6, 6.07) is 11.7. The summed E-state index contributed by atoms with van der Waals surface area (Å²) in [6.45, 7) is 9.95. The number of anilines is 1. The van der Waals surface area contributed by atoms with Crippen molar-refractivity contribution in [3.05, 3.63) is 53.8 Å². The SMILES string of the molecule is C[C@H](Oc1cc(B2OC(C)(C)C(C)(C)O2)ccc1N)c1ccc(F)cc1. The van der Waals surface area contributed by atoms with E-state index in [1.807, 2.05) is 46.8 Å². The van der Waals surface area contributed by atoms with Crippen LogP contribution in [0.25, 0.3) is 0 Å². The Kier molecular flexibility index (Phi) is 4.75. The van der Waals surface area contributed by atoms with Gasteiger partial charge < -0.3 is 19.8 Å². The molecule has 1 heterocycles. The maximum absolute atomic E-state index is 13.1. The van der Waals surface area contributed by atoms with Gasteiger partial charge in [0, 0.05) is 0 Å². The monoisotopic (exact) mass is 357 g/mol. The van der Waals surface area contributed by atoms with Gasteiger partial charge in [0.15, 0.2) is 0 Å². The highest BCUT2D eigenvalue weighted by Gasteiger charge is 2.51. The highest BCUT2D eigenvalue weighted by molar-refractivity contribution is 6.62. The fourth-order valence-electron chi connectivity index (χ4n) is 2.77. The molecule has 1 fully saturated rings. The van der Waals surface area contributed by atoms with Gasteiger partial charge in [-0.05, 0) is 69.9 Å². The Labute approximate surface area is 154 Å². The van der Waals surface area contributed by atoms with Gasteiger partial charge >= 0.3 is 7.12 Å². The van der Waals surface area contributed by atoms with E-state index in [0.717, 1.165) is 11.0 Å². The first-order valence-electron chi connectivity index (χ1n) is 8.76. The van der Waals surface area contributed by atoms with Crippen LogP contribution < -0.4 is 15.9 Å². The lowest BCUT2D eigenvalue weighted by atomic mass is 9.79. The smallest absolute Gasteiger partial charge is 0.484 e. The van der Waals surface area contributed by atoms with Crippen LogP contribution in [0.2, 0.25) is 0 Å². The van der Waals surface area contributed by atoms with Crippen molar-refractivity contribution < 1.29 is 18.4 Å². The van der Waals surface area contributed by atoms with Crippen molar-refractivity contribution in [2.75, 3.05) is 5.73 Å².